The van der Waals surface area contributed by atoms with Gasteiger partial charge in [-0.1, -0.05) is 4.49 Å². The molecule has 2 aliphatic heterocycles. The highest BCUT2D eigenvalue weighted by Crippen LogP contribution is 2.23. The Bertz CT molecular complexity index is 1310. The lowest BCUT2D eigenvalue weighted by molar-refractivity contribution is -0.140. The SMILES string of the molecule is Cc1cc2cc(NC(=NC3CCCCN(CC(=O)N4CCCC4)C3=O)NC(=O)c3csnn3)ccc2o1. The summed E-state index contributed by atoms with van der Waals surface area (Å²) >= 11 is 1.07. The van der Waals surface area contributed by atoms with E-state index in [4.69, 9.17) is 4.42 Å². The Morgan fingerprint density at radius 1 is 1.16 bits per heavy atom. The van der Waals surface area contributed by atoms with Crippen molar-refractivity contribution in [3.05, 3.63) is 41.1 Å². The number of rotatable bonds is 5. The number of fused-ring (bicyclic) bond motifs is 1. The number of carbonyl (C=O) groups excluding carboxylic acids is 3. The molecule has 1 aromatic carbocycles. The van der Waals surface area contributed by atoms with E-state index in [2.05, 4.69) is 25.2 Å². The zero-order valence-electron chi connectivity index (χ0n) is 20.6. The predicted octanol–water partition coefficient (Wildman–Crippen LogP) is 2.79. The van der Waals surface area contributed by atoms with Gasteiger partial charge in [0.15, 0.2) is 5.69 Å². The fourth-order valence-corrected chi connectivity index (χ4v) is 5.10. The molecular weight excluding hydrogens is 494 g/mol. The minimum atomic E-state index is -0.731. The minimum Gasteiger partial charge on any atom is -0.461 e. The van der Waals surface area contributed by atoms with Gasteiger partial charge in [-0.25, -0.2) is 4.99 Å². The third kappa shape index (κ3) is 5.96. The highest BCUT2D eigenvalue weighted by molar-refractivity contribution is 7.03. The van der Waals surface area contributed by atoms with Crippen molar-refractivity contribution >= 4 is 51.9 Å². The van der Waals surface area contributed by atoms with Crippen molar-refractivity contribution in [2.24, 2.45) is 4.99 Å². The molecule has 4 heterocycles. The third-order valence-electron chi connectivity index (χ3n) is 6.55. The van der Waals surface area contributed by atoms with Gasteiger partial charge in [-0.2, -0.15) is 0 Å². The predicted molar refractivity (Wildman–Crippen MR) is 139 cm³/mol. The van der Waals surface area contributed by atoms with E-state index in [0.29, 0.717) is 18.7 Å². The number of aliphatic imine (C=N–C) groups is 1. The lowest BCUT2D eigenvalue weighted by Gasteiger charge is -2.25. The van der Waals surface area contributed by atoms with Crippen LogP contribution >= 0.6 is 11.5 Å². The van der Waals surface area contributed by atoms with E-state index in [-0.39, 0.29) is 30.0 Å². The van der Waals surface area contributed by atoms with Crippen molar-refractivity contribution in [2.45, 2.75) is 45.1 Å². The van der Waals surface area contributed by atoms with Gasteiger partial charge in [0.25, 0.3) is 5.91 Å². The second-order valence-corrected chi connectivity index (χ2v) is 9.93. The van der Waals surface area contributed by atoms with Gasteiger partial charge >= 0.3 is 0 Å². The van der Waals surface area contributed by atoms with E-state index >= 15 is 0 Å². The number of furan rings is 1. The summed E-state index contributed by atoms with van der Waals surface area (Å²) in [4.78, 5) is 47.0. The molecule has 2 N–H and O–H groups in total. The molecule has 0 radical (unpaired) electrons. The quantitative estimate of drug-likeness (QED) is 0.388. The summed E-state index contributed by atoms with van der Waals surface area (Å²) in [6.07, 6.45) is 4.10. The van der Waals surface area contributed by atoms with Gasteiger partial charge in [-0.3, -0.25) is 19.7 Å². The molecule has 0 aliphatic carbocycles. The Morgan fingerprint density at radius 3 is 2.76 bits per heavy atom. The maximum Gasteiger partial charge on any atom is 0.279 e. The van der Waals surface area contributed by atoms with E-state index in [1.165, 1.54) is 5.38 Å². The largest absolute Gasteiger partial charge is 0.461 e. The van der Waals surface area contributed by atoms with Crippen molar-refractivity contribution in [3.8, 4) is 0 Å². The fraction of sp³-hybridized carbons (Fsp3) is 0.440. The van der Waals surface area contributed by atoms with Crippen LogP contribution in [0, 0.1) is 6.92 Å². The van der Waals surface area contributed by atoms with Crippen LogP contribution in [-0.4, -0.2) is 75.3 Å². The number of nitrogens with zero attached hydrogens (tertiary/aromatic N) is 5. The average Bonchev–Trinajstić information content (AvgIpc) is 3.64. The molecule has 1 unspecified atom stereocenters. The molecular formula is C25H29N7O4S. The molecule has 12 heteroatoms. The van der Waals surface area contributed by atoms with E-state index in [0.717, 1.165) is 67.0 Å². The molecule has 0 spiro atoms. The molecule has 2 saturated heterocycles. The Balaban J connectivity index is 1.38. The number of hydrogen-bond donors (Lipinski definition) is 2. The zero-order valence-corrected chi connectivity index (χ0v) is 21.4. The summed E-state index contributed by atoms with van der Waals surface area (Å²) < 4.78 is 9.39. The second-order valence-electron chi connectivity index (χ2n) is 9.32. The molecule has 0 saturated carbocycles. The van der Waals surface area contributed by atoms with E-state index in [9.17, 15) is 14.4 Å². The molecule has 2 fully saturated rings. The van der Waals surface area contributed by atoms with Crippen LogP contribution in [-0.2, 0) is 9.59 Å². The number of nitrogens with one attached hydrogen (secondary N) is 2. The van der Waals surface area contributed by atoms with Crippen LogP contribution in [0.5, 0.6) is 0 Å². The van der Waals surface area contributed by atoms with E-state index in [1.807, 2.05) is 36.1 Å². The minimum absolute atomic E-state index is 0.0260. The molecule has 2 aromatic heterocycles. The molecule has 1 atom stereocenters. The van der Waals surface area contributed by atoms with E-state index in [1.54, 1.807) is 4.90 Å². The normalized spacial score (nSPS) is 18.8. The zero-order chi connectivity index (χ0) is 25.8. The highest BCUT2D eigenvalue weighted by atomic mass is 32.1. The molecule has 5 rings (SSSR count). The number of hydrogen-bond acceptors (Lipinski definition) is 8. The Morgan fingerprint density at radius 2 is 1.97 bits per heavy atom. The topological polar surface area (TPSA) is 133 Å². The number of benzene rings is 1. The number of carbonyl (C=O) groups is 3. The smallest absolute Gasteiger partial charge is 0.279 e. The number of likely N-dealkylation sites (tertiary alicyclic amines) is 2. The standard InChI is InChI=1S/C25H29N7O4S/c1-16-12-17-13-18(7-8-21(17)36-16)26-25(28-23(34)20-15-37-30-29-20)27-19-6-2-3-11-32(24(19)35)14-22(33)31-9-4-5-10-31/h7-8,12-13,15,19H,2-6,9-11,14H2,1H3,(H2,26,27,28,34). The first-order valence-electron chi connectivity index (χ1n) is 12.5. The maximum atomic E-state index is 13.5. The Kier molecular flexibility index (Phi) is 7.45. The first-order chi connectivity index (χ1) is 18.0. The summed E-state index contributed by atoms with van der Waals surface area (Å²) in [5.74, 6) is 0.195. The second kappa shape index (κ2) is 11.1. The lowest BCUT2D eigenvalue weighted by Crippen LogP contribution is -2.45. The van der Waals surface area contributed by atoms with Crippen LogP contribution in [0.4, 0.5) is 5.69 Å². The summed E-state index contributed by atoms with van der Waals surface area (Å²) in [7, 11) is 0. The van der Waals surface area contributed by atoms with Crippen molar-refractivity contribution in [1.29, 1.82) is 0 Å². The van der Waals surface area contributed by atoms with Crippen molar-refractivity contribution < 1.29 is 18.8 Å². The van der Waals surface area contributed by atoms with Crippen molar-refractivity contribution in [3.63, 3.8) is 0 Å². The number of aromatic nitrogens is 2. The van der Waals surface area contributed by atoms with Gasteiger partial charge in [0.05, 0.1) is 6.54 Å². The number of anilines is 1. The molecule has 3 amide bonds. The molecule has 0 bridgehead atoms. The Hall–Kier alpha value is -3.80. The van der Waals surface area contributed by atoms with Gasteiger partial charge in [-0.05, 0) is 74.8 Å². The van der Waals surface area contributed by atoms with Crippen LogP contribution in [0.25, 0.3) is 11.0 Å². The average molecular weight is 524 g/mol. The molecule has 2 aliphatic rings. The fourth-order valence-electron chi connectivity index (χ4n) is 4.67. The maximum absolute atomic E-state index is 13.5. The van der Waals surface area contributed by atoms with Crippen molar-refractivity contribution in [2.75, 3.05) is 31.5 Å². The number of aryl methyl sites for hydroxylation is 1. The summed E-state index contributed by atoms with van der Waals surface area (Å²) in [5, 5.41) is 12.2. The number of guanidine groups is 1. The Labute approximate surface area is 218 Å². The highest BCUT2D eigenvalue weighted by Gasteiger charge is 2.30. The monoisotopic (exact) mass is 523 g/mol. The third-order valence-corrected chi connectivity index (χ3v) is 7.05. The summed E-state index contributed by atoms with van der Waals surface area (Å²) in [6, 6.07) is 6.71. The van der Waals surface area contributed by atoms with Gasteiger partial charge in [-0.15, -0.1) is 5.10 Å². The first-order valence-corrected chi connectivity index (χ1v) is 13.3. The first kappa shape index (κ1) is 24.9. The van der Waals surface area contributed by atoms with Crippen LogP contribution < -0.4 is 10.6 Å². The van der Waals surface area contributed by atoms with Crippen molar-refractivity contribution in [1.82, 2.24) is 24.7 Å². The number of amides is 3. The van der Waals surface area contributed by atoms with Gasteiger partial charge < -0.3 is 19.5 Å². The van der Waals surface area contributed by atoms with Gasteiger partial charge in [0.2, 0.25) is 17.8 Å². The van der Waals surface area contributed by atoms with Crippen LogP contribution in [0.2, 0.25) is 0 Å². The van der Waals surface area contributed by atoms with Crippen LogP contribution in [0.1, 0.15) is 48.4 Å². The summed E-state index contributed by atoms with van der Waals surface area (Å²) in [5.41, 5.74) is 1.58. The van der Waals surface area contributed by atoms with Gasteiger partial charge in [0.1, 0.15) is 17.4 Å². The van der Waals surface area contributed by atoms with Gasteiger partial charge in [0, 0.05) is 36.1 Å². The molecule has 37 heavy (non-hydrogen) atoms. The lowest BCUT2D eigenvalue weighted by atomic mass is 10.1. The molecule has 194 valence electrons. The molecule has 3 aromatic rings. The van der Waals surface area contributed by atoms with E-state index < -0.39 is 11.9 Å². The van der Waals surface area contributed by atoms with Crippen LogP contribution in [0.3, 0.4) is 0 Å². The summed E-state index contributed by atoms with van der Waals surface area (Å²) in [6.45, 7) is 3.94. The molecule has 11 nitrogen and oxygen atoms in total. The van der Waals surface area contributed by atoms with Crippen LogP contribution in [0.15, 0.2) is 39.1 Å².